The Kier molecular flexibility index (Phi) is 4.15. The Bertz CT molecular complexity index is 1050. The molecule has 1 atom stereocenters. The summed E-state index contributed by atoms with van der Waals surface area (Å²) in [5.74, 6) is -0.342. The molecule has 0 radical (unpaired) electrons. The van der Waals surface area contributed by atoms with E-state index in [0.29, 0.717) is 11.4 Å². The predicted octanol–water partition coefficient (Wildman–Crippen LogP) is 4.31. The van der Waals surface area contributed by atoms with Gasteiger partial charge in [0.2, 0.25) is 5.91 Å². The number of anilines is 1. The fourth-order valence-corrected chi connectivity index (χ4v) is 3.52. The molecule has 1 aromatic heterocycles. The largest absolute Gasteiger partial charge is 0.309 e. The highest BCUT2D eigenvalue weighted by atomic mass is 16.2. The van der Waals surface area contributed by atoms with Crippen molar-refractivity contribution >= 4 is 17.5 Å². The van der Waals surface area contributed by atoms with Crippen LogP contribution in [0.1, 0.15) is 45.0 Å². The third kappa shape index (κ3) is 3.05. The molecule has 0 saturated heterocycles. The molecule has 5 nitrogen and oxygen atoms in total. The number of carbonyl (C=O) groups excluding carboxylic acids is 2. The summed E-state index contributed by atoms with van der Waals surface area (Å²) in [6.45, 7) is 6.03. The van der Waals surface area contributed by atoms with E-state index in [0.717, 1.165) is 33.5 Å². The van der Waals surface area contributed by atoms with Crippen LogP contribution in [0.25, 0.3) is 11.3 Å². The average molecular weight is 359 g/mol. The fraction of sp³-hybridized carbons (Fsp3) is 0.227. The minimum absolute atomic E-state index is 0.0519. The number of aromatic nitrogens is 2. The normalized spacial score (nSPS) is 16.0. The molecule has 4 rings (SSSR count). The summed E-state index contributed by atoms with van der Waals surface area (Å²) in [6.07, 6.45) is 0.122. The molecule has 136 valence electrons. The second kappa shape index (κ2) is 6.50. The third-order valence-corrected chi connectivity index (χ3v) is 5.25. The summed E-state index contributed by atoms with van der Waals surface area (Å²) in [5, 5.41) is 10.1. The van der Waals surface area contributed by atoms with Gasteiger partial charge in [-0.15, -0.1) is 0 Å². The SMILES string of the molecule is Cc1ccc(-c2[nH]nc3c2[C@@H](C(=O)c2ccc(C)c(C)c2)CC(=O)N3)cc1. The van der Waals surface area contributed by atoms with Crippen molar-refractivity contribution in [1.29, 1.82) is 0 Å². The molecule has 1 aliphatic heterocycles. The number of nitrogens with zero attached hydrogens (tertiary/aromatic N) is 1. The van der Waals surface area contributed by atoms with Crippen molar-refractivity contribution in [3.05, 3.63) is 70.3 Å². The van der Waals surface area contributed by atoms with Gasteiger partial charge in [0.15, 0.2) is 11.6 Å². The number of aromatic amines is 1. The first-order chi connectivity index (χ1) is 12.9. The summed E-state index contributed by atoms with van der Waals surface area (Å²) in [5.41, 5.74) is 6.48. The molecule has 0 fully saturated rings. The van der Waals surface area contributed by atoms with Gasteiger partial charge in [0.05, 0.1) is 11.6 Å². The van der Waals surface area contributed by atoms with Gasteiger partial charge in [-0.3, -0.25) is 14.7 Å². The molecular formula is C22H21N3O2. The smallest absolute Gasteiger partial charge is 0.226 e. The minimum Gasteiger partial charge on any atom is -0.309 e. The van der Waals surface area contributed by atoms with Gasteiger partial charge in [0.1, 0.15) is 0 Å². The standard InChI is InChI=1S/C22H21N3O2/c1-12-4-7-15(8-5-12)20-19-17(11-18(26)23-22(19)25-24-20)21(27)16-9-6-13(2)14(3)10-16/h4-10,17H,11H2,1-3H3,(H2,23,24,25,26)/t17-/m0/s1. The minimum atomic E-state index is -0.550. The molecule has 1 amide bonds. The summed E-state index contributed by atoms with van der Waals surface area (Å²) in [4.78, 5) is 25.5. The number of nitrogens with one attached hydrogen (secondary N) is 2. The summed E-state index contributed by atoms with van der Waals surface area (Å²) >= 11 is 0. The van der Waals surface area contributed by atoms with Gasteiger partial charge in [-0.2, -0.15) is 5.10 Å². The maximum atomic E-state index is 13.3. The molecule has 0 aliphatic carbocycles. The molecule has 27 heavy (non-hydrogen) atoms. The number of hydrogen-bond acceptors (Lipinski definition) is 3. The van der Waals surface area contributed by atoms with Crippen molar-refractivity contribution in [1.82, 2.24) is 10.2 Å². The number of rotatable bonds is 3. The van der Waals surface area contributed by atoms with Gasteiger partial charge < -0.3 is 5.32 Å². The molecule has 1 aliphatic rings. The Hall–Kier alpha value is -3.21. The van der Waals surface area contributed by atoms with Crippen LogP contribution in [0.5, 0.6) is 0 Å². The quantitative estimate of drug-likeness (QED) is 0.684. The van der Waals surface area contributed by atoms with Crippen LogP contribution < -0.4 is 5.32 Å². The van der Waals surface area contributed by atoms with Crippen molar-refractivity contribution in [2.75, 3.05) is 5.32 Å². The zero-order valence-electron chi connectivity index (χ0n) is 15.6. The molecule has 3 aromatic rings. The molecule has 0 saturated carbocycles. The second-order valence-corrected chi connectivity index (χ2v) is 7.20. The number of ketones is 1. The Morgan fingerprint density at radius 3 is 2.48 bits per heavy atom. The molecule has 0 spiro atoms. The molecule has 2 aromatic carbocycles. The Labute approximate surface area is 157 Å². The third-order valence-electron chi connectivity index (χ3n) is 5.25. The van der Waals surface area contributed by atoms with Crippen LogP contribution in [0.3, 0.4) is 0 Å². The summed E-state index contributed by atoms with van der Waals surface area (Å²) < 4.78 is 0. The number of carbonyl (C=O) groups is 2. The Morgan fingerprint density at radius 2 is 1.78 bits per heavy atom. The van der Waals surface area contributed by atoms with Crippen LogP contribution in [0.2, 0.25) is 0 Å². The van der Waals surface area contributed by atoms with Gasteiger partial charge in [0.25, 0.3) is 0 Å². The van der Waals surface area contributed by atoms with E-state index in [1.165, 1.54) is 0 Å². The van der Waals surface area contributed by atoms with E-state index in [4.69, 9.17) is 0 Å². The zero-order chi connectivity index (χ0) is 19.1. The molecule has 2 heterocycles. The first kappa shape index (κ1) is 17.2. The first-order valence-corrected chi connectivity index (χ1v) is 9.00. The number of aryl methyl sites for hydroxylation is 3. The predicted molar refractivity (Wildman–Crippen MR) is 105 cm³/mol. The van der Waals surface area contributed by atoms with Crippen LogP contribution in [-0.2, 0) is 4.79 Å². The Balaban J connectivity index is 1.80. The summed E-state index contributed by atoms with van der Waals surface area (Å²) in [7, 11) is 0. The van der Waals surface area contributed by atoms with E-state index in [1.54, 1.807) is 0 Å². The van der Waals surface area contributed by atoms with Gasteiger partial charge in [0, 0.05) is 17.5 Å². The van der Waals surface area contributed by atoms with E-state index in [1.807, 2.05) is 63.2 Å². The number of hydrogen-bond donors (Lipinski definition) is 2. The van der Waals surface area contributed by atoms with Crippen molar-refractivity contribution < 1.29 is 9.59 Å². The van der Waals surface area contributed by atoms with Crippen molar-refractivity contribution in [2.45, 2.75) is 33.1 Å². The number of H-pyrrole nitrogens is 1. The van der Waals surface area contributed by atoms with Gasteiger partial charge in [-0.1, -0.05) is 42.0 Å². The van der Waals surface area contributed by atoms with Crippen LogP contribution >= 0.6 is 0 Å². The molecule has 0 bridgehead atoms. The lowest BCUT2D eigenvalue weighted by Crippen LogP contribution is -2.27. The Morgan fingerprint density at radius 1 is 1.04 bits per heavy atom. The van der Waals surface area contributed by atoms with E-state index >= 15 is 0 Å². The van der Waals surface area contributed by atoms with Gasteiger partial charge in [-0.05, 0) is 43.5 Å². The highest BCUT2D eigenvalue weighted by Gasteiger charge is 2.36. The lowest BCUT2D eigenvalue weighted by Gasteiger charge is -2.22. The number of amides is 1. The van der Waals surface area contributed by atoms with Crippen LogP contribution in [0.15, 0.2) is 42.5 Å². The number of fused-ring (bicyclic) bond motifs is 1. The summed E-state index contributed by atoms with van der Waals surface area (Å²) in [6, 6.07) is 13.7. The molecule has 5 heteroatoms. The van der Waals surface area contributed by atoms with E-state index in [2.05, 4.69) is 15.5 Å². The van der Waals surface area contributed by atoms with Crippen LogP contribution in [-0.4, -0.2) is 21.9 Å². The fourth-order valence-electron chi connectivity index (χ4n) is 3.52. The zero-order valence-corrected chi connectivity index (χ0v) is 15.6. The lowest BCUT2D eigenvalue weighted by atomic mass is 9.83. The maximum Gasteiger partial charge on any atom is 0.226 e. The van der Waals surface area contributed by atoms with Crippen molar-refractivity contribution in [3.8, 4) is 11.3 Å². The highest BCUT2D eigenvalue weighted by Crippen LogP contribution is 2.40. The molecule has 2 N–H and O–H groups in total. The number of benzene rings is 2. The van der Waals surface area contributed by atoms with E-state index in [9.17, 15) is 9.59 Å². The monoisotopic (exact) mass is 359 g/mol. The maximum absolute atomic E-state index is 13.3. The van der Waals surface area contributed by atoms with Crippen LogP contribution in [0.4, 0.5) is 5.82 Å². The van der Waals surface area contributed by atoms with Gasteiger partial charge in [-0.25, -0.2) is 0 Å². The molecule has 0 unspecified atom stereocenters. The molecular weight excluding hydrogens is 338 g/mol. The van der Waals surface area contributed by atoms with Crippen LogP contribution in [0, 0.1) is 20.8 Å². The second-order valence-electron chi connectivity index (χ2n) is 7.20. The van der Waals surface area contributed by atoms with Crippen molar-refractivity contribution in [3.63, 3.8) is 0 Å². The number of Topliss-reactive ketones (excluding diaryl/α,β-unsaturated/α-hetero) is 1. The van der Waals surface area contributed by atoms with E-state index < -0.39 is 5.92 Å². The average Bonchev–Trinajstić information content (AvgIpc) is 3.07. The topological polar surface area (TPSA) is 74.8 Å². The first-order valence-electron chi connectivity index (χ1n) is 9.00. The van der Waals surface area contributed by atoms with Gasteiger partial charge >= 0.3 is 0 Å². The van der Waals surface area contributed by atoms with E-state index in [-0.39, 0.29) is 18.1 Å². The lowest BCUT2D eigenvalue weighted by molar-refractivity contribution is -0.116. The van der Waals surface area contributed by atoms with Crippen molar-refractivity contribution in [2.24, 2.45) is 0 Å². The highest BCUT2D eigenvalue weighted by molar-refractivity contribution is 6.08.